The average Bonchev–Trinajstić information content (AvgIpc) is 3.58. The van der Waals surface area contributed by atoms with Gasteiger partial charge in [-0.3, -0.25) is 9.80 Å². The van der Waals surface area contributed by atoms with E-state index in [1.807, 2.05) is 29.1 Å². The monoisotopic (exact) mass is 724 g/mol. The van der Waals surface area contributed by atoms with Crippen molar-refractivity contribution >= 4 is 33.7 Å². The third kappa shape index (κ3) is 10.4. The van der Waals surface area contributed by atoms with Crippen molar-refractivity contribution in [2.45, 2.75) is 90.6 Å². The molecule has 50 heavy (non-hydrogen) atoms. The normalized spacial score (nSPS) is 18.4. The number of carbonyl (C=O) groups excluding carboxylic acids is 1. The Labute approximate surface area is 301 Å². The van der Waals surface area contributed by atoms with Crippen LogP contribution in [0.25, 0.3) is 11.4 Å². The van der Waals surface area contributed by atoms with Gasteiger partial charge in [-0.2, -0.15) is 13.1 Å². The van der Waals surface area contributed by atoms with Crippen LogP contribution < -0.4 is 14.3 Å². The Hall–Kier alpha value is -3.67. The fourth-order valence-electron chi connectivity index (χ4n) is 6.51. The number of ether oxygens (including phenoxy) is 1. The molecule has 0 radical (unpaired) electrons. The van der Waals surface area contributed by atoms with E-state index in [1.54, 1.807) is 47.0 Å². The van der Waals surface area contributed by atoms with Crippen molar-refractivity contribution in [3.63, 3.8) is 0 Å². The van der Waals surface area contributed by atoms with E-state index in [-0.39, 0.29) is 0 Å². The number of aromatic amines is 1. The molecule has 4 heterocycles. The van der Waals surface area contributed by atoms with Gasteiger partial charge in [0.05, 0.1) is 10.6 Å². The first kappa shape index (κ1) is 37.6. The van der Waals surface area contributed by atoms with Gasteiger partial charge in [0.2, 0.25) is 0 Å². The van der Waals surface area contributed by atoms with Crippen molar-refractivity contribution < 1.29 is 17.9 Å². The number of nitrogens with one attached hydrogen (secondary N) is 3. The number of pyridine rings is 1. The maximum Gasteiger partial charge on any atom is 0.422 e. The molecule has 14 heteroatoms. The number of piperazine rings is 1. The lowest BCUT2D eigenvalue weighted by Gasteiger charge is -2.47. The Morgan fingerprint density at radius 3 is 2.42 bits per heavy atom. The molecule has 5 rings (SSSR count). The van der Waals surface area contributed by atoms with Crippen LogP contribution in [0.5, 0.6) is 0 Å². The summed E-state index contributed by atoms with van der Waals surface area (Å²) in [4.78, 5) is 31.6. The number of anilines is 1. The smallest absolute Gasteiger partial charge is 0.422 e. The Bertz CT molecular complexity index is 1770. The number of carbonyl (C=O) groups is 1. The van der Waals surface area contributed by atoms with Gasteiger partial charge in [-0.25, -0.2) is 19.5 Å². The third-order valence-electron chi connectivity index (χ3n) is 8.80. The number of hydrogen-bond donors (Lipinski definition) is 3. The van der Waals surface area contributed by atoms with Gasteiger partial charge in [0.15, 0.2) is 0 Å². The summed E-state index contributed by atoms with van der Waals surface area (Å²) in [5.41, 5.74) is 0.908. The summed E-state index contributed by atoms with van der Waals surface area (Å²) in [6, 6.07) is 11.0. The van der Waals surface area contributed by atoms with Gasteiger partial charge in [0.1, 0.15) is 17.2 Å². The second kappa shape index (κ2) is 15.7. The van der Waals surface area contributed by atoms with Crippen LogP contribution in [0.4, 0.5) is 10.6 Å². The number of H-pyrrole nitrogens is 1. The number of likely N-dealkylation sites (tertiary alicyclic amines) is 1. The molecule has 0 aliphatic carbocycles. The number of benzene rings is 1. The maximum absolute atomic E-state index is 12.4. The highest BCUT2D eigenvalue weighted by Crippen LogP contribution is 2.31. The molecule has 0 saturated carbocycles. The summed E-state index contributed by atoms with van der Waals surface area (Å²) < 4.78 is 34.2. The van der Waals surface area contributed by atoms with Crippen LogP contribution in [0.1, 0.15) is 71.9 Å². The number of nitrogens with zero attached hydrogens (tertiary/aromatic N) is 5. The van der Waals surface area contributed by atoms with Crippen molar-refractivity contribution in [3.05, 3.63) is 65.1 Å². The lowest BCUT2D eigenvalue weighted by molar-refractivity contribution is 0.0569. The van der Waals surface area contributed by atoms with Gasteiger partial charge in [0, 0.05) is 68.0 Å². The van der Waals surface area contributed by atoms with E-state index < -0.39 is 27.4 Å². The molecular formula is C36H49ClN8O4S. The van der Waals surface area contributed by atoms with Crippen molar-refractivity contribution in [2.75, 3.05) is 37.6 Å². The maximum atomic E-state index is 12.4. The summed E-state index contributed by atoms with van der Waals surface area (Å²) >= 11 is 6.72. The summed E-state index contributed by atoms with van der Waals surface area (Å²) in [7, 11) is -4.18. The van der Waals surface area contributed by atoms with Gasteiger partial charge in [0.25, 0.3) is 0 Å². The topological polar surface area (TPSA) is 136 Å². The van der Waals surface area contributed by atoms with Crippen LogP contribution in [0.2, 0.25) is 5.02 Å². The van der Waals surface area contributed by atoms with Gasteiger partial charge in [-0.05, 0) is 90.7 Å². The van der Waals surface area contributed by atoms with Gasteiger partial charge >= 0.3 is 16.3 Å². The molecule has 12 nitrogen and oxygen atoms in total. The molecule has 1 atom stereocenters. The molecule has 0 unspecified atom stereocenters. The summed E-state index contributed by atoms with van der Waals surface area (Å²) in [5.74, 6) is 7.61. The molecule has 1 aromatic carbocycles. The minimum atomic E-state index is -4.18. The molecule has 0 spiro atoms. The Balaban J connectivity index is 1.09. The first-order valence-corrected chi connectivity index (χ1v) is 19.0. The highest BCUT2D eigenvalue weighted by atomic mass is 35.5. The van der Waals surface area contributed by atoms with Crippen LogP contribution in [0, 0.1) is 11.8 Å². The molecular weight excluding hydrogens is 676 g/mol. The van der Waals surface area contributed by atoms with E-state index in [0.717, 1.165) is 81.3 Å². The second-order valence-electron chi connectivity index (χ2n) is 14.5. The molecule has 1 amide bonds. The minimum Gasteiger partial charge on any atom is -0.443 e. The summed E-state index contributed by atoms with van der Waals surface area (Å²) in [5, 5.41) is 0.650. The molecule has 0 bridgehead atoms. The van der Waals surface area contributed by atoms with Crippen molar-refractivity contribution in [3.8, 4) is 23.2 Å². The van der Waals surface area contributed by atoms with E-state index in [9.17, 15) is 13.2 Å². The fraction of sp³-hybridized carbons (Fsp3) is 0.528. The SMILES string of the molecule is CC[C@H]1CN(c2ncc(-c3ncc[nH]3)cc2Cl)CCN1C1CCN(Cc2ccc(C#CC(C)(C)NS(=O)(=O)NC(=O)OC(C)(C)C)cc2)CC1. The molecule has 2 aromatic heterocycles. The second-order valence-corrected chi connectivity index (χ2v) is 16.3. The number of amides is 1. The fourth-order valence-corrected chi connectivity index (χ4v) is 7.83. The van der Waals surface area contributed by atoms with Gasteiger partial charge in [-0.1, -0.05) is 42.5 Å². The highest BCUT2D eigenvalue weighted by molar-refractivity contribution is 7.88. The van der Waals surface area contributed by atoms with E-state index >= 15 is 0 Å². The van der Waals surface area contributed by atoms with Gasteiger partial charge < -0.3 is 14.6 Å². The van der Waals surface area contributed by atoms with Crippen molar-refractivity contribution in [1.29, 1.82) is 0 Å². The Kier molecular flexibility index (Phi) is 11.8. The average molecular weight is 725 g/mol. The number of halogens is 1. The first-order chi connectivity index (χ1) is 23.6. The van der Waals surface area contributed by atoms with Crippen molar-refractivity contribution in [2.24, 2.45) is 0 Å². The number of aromatic nitrogens is 3. The van der Waals surface area contributed by atoms with Crippen LogP contribution >= 0.6 is 11.6 Å². The van der Waals surface area contributed by atoms with Crippen LogP contribution in [0.15, 0.2) is 48.9 Å². The number of rotatable bonds is 9. The van der Waals surface area contributed by atoms with Crippen LogP contribution in [-0.4, -0.2) is 95.2 Å². The van der Waals surface area contributed by atoms with Crippen LogP contribution in [-0.2, 0) is 21.5 Å². The molecule has 3 N–H and O–H groups in total. The number of imidazole rings is 1. The molecule has 2 saturated heterocycles. The number of hydrogen-bond acceptors (Lipinski definition) is 9. The van der Waals surface area contributed by atoms with Gasteiger partial charge in [-0.15, -0.1) is 0 Å². The lowest BCUT2D eigenvalue weighted by Crippen LogP contribution is -2.58. The summed E-state index contributed by atoms with van der Waals surface area (Å²) in [6.45, 7) is 16.2. The zero-order chi connectivity index (χ0) is 36.1. The first-order valence-electron chi connectivity index (χ1n) is 17.1. The third-order valence-corrected chi connectivity index (χ3v) is 10.3. The zero-order valence-electron chi connectivity index (χ0n) is 29.8. The Morgan fingerprint density at radius 2 is 1.80 bits per heavy atom. The van der Waals surface area contributed by atoms with Crippen molar-refractivity contribution in [1.82, 2.24) is 34.2 Å². The standard InChI is InChI=1S/C36H49ClN8O4S/c1-7-29-25-44(33-31(37)22-28(23-40-33)32-38-16-17-39-32)20-21-45(29)30-13-18-43(19-14-30)24-27-10-8-26(9-11-27)12-15-36(5,6)42-50(47,48)41-34(46)49-35(2,3)4/h8-11,16-17,22-23,29-30,42H,7,13-14,18-21,24-25H2,1-6H3,(H,38,39)(H,41,46)/t29-/m0/s1. The van der Waals surface area contributed by atoms with E-state index in [4.69, 9.17) is 21.3 Å². The highest BCUT2D eigenvalue weighted by Gasteiger charge is 2.34. The van der Waals surface area contributed by atoms with E-state index in [2.05, 4.69) is 60.3 Å². The molecule has 270 valence electrons. The van der Waals surface area contributed by atoms with E-state index in [1.165, 1.54) is 5.56 Å². The largest absolute Gasteiger partial charge is 0.443 e. The predicted octanol–water partition coefficient (Wildman–Crippen LogP) is 5.18. The lowest BCUT2D eigenvalue weighted by atomic mass is 9.97. The molecule has 3 aromatic rings. The molecule has 2 aliphatic heterocycles. The van der Waals surface area contributed by atoms with E-state index in [0.29, 0.717) is 17.1 Å². The zero-order valence-corrected chi connectivity index (χ0v) is 31.4. The van der Waals surface area contributed by atoms with Crippen LogP contribution in [0.3, 0.4) is 0 Å². The quantitative estimate of drug-likeness (QED) is 0.255. The number of piperidine rings is 1. The summed E-state index contributed by atoms with van der Waals surface area (Å²) in [6.07, 6.45) is 7.63. The minimum absolute atomic E-state index is 0.443. The Morgan fingerprint density at radius 1 is 1.08 bits per heavy atom. The predicted molar refractivity (Wildman–Crippen MR) is 197 cm³/mol. The molecule has 2 aliphatic rings. The molecule has 2 fully saturated rings.